The summed E-state index contributed by atoms with van der Waals surface area (Å²) in [6.45, 7) is 0. The number of hydrogen-bond donors (Lipinski definition) is 0. The molecule has 0 saturated carbocycles. The van der Waals surface area contributed by atoms with Gasteiger partial charge in [-0.25, -0.2) is 0 Å². The first-order chi connectivity index (χ1) is 11.1. The van der Waals surface area contributed by atoms with Crippen molar-refractivity contribution in [3.63, 3.8) is 0 Å². The second kappa shape index (κ2) is 6.61. The Balaban J connectivity index is 2.06. The molecule has 3 rings (SSSR count). The van der Waals surface area contributed by atoms with E-state index in [2.05, 4.69) is 0 Å². The van der Waals surface area contributed by atoms with Crippen LogP contribution in [0.2, 0.25) is 10.0 Å². The van der Waals surface area contributed by atoms with Gasteiger partial charge in [-0.1, -0.05) is 59.6 Å². The van der Waals surface area contributed by atoms with Gasteiger partial charge >= 0.3 is 0 Å². The van der Waals surface area contributed by atoms with Gasteiger partial charge in [0.15, 0.2) is 5.78 Å². The van der Waals surface area contributed by atoms with Crippen molar-refractivity contribution in [3.05, 3.63) is 75.8 Å². The zero-order valence-electron chi connectivity index (χ0n) is 12.5. The molecule has 3 aromatic carbocycles. The molecule has 0 amide bonds. The molecule has 0 radical (unpaired) electrons. The molecule has 0 N–H and O–H groups in total. The zero-order valence-corrected chi connectivity index (χ0v) is 14.0. The Bertz CT molecular complexity index is 888. The van der Waals surface area contributed by atoms with Crippen LogP contribution < -0.4 is 4.74 Å². The van der Waals surface area contributed by atoms with Gasteiger partial charge in [-0.15, -0.1) is 0 Å². The smallest absolute Gasteiger partial charge is 0.171 e. The van der Waals surface area contributed by atoms with E-state index in [1.807, 2.05) is 36.4 Å². The van der Waals surface area contributed by atoms with Crippen molar-refractivity contribution in [1.29, 1.82) is 0 Å². The molecule has 0 fully saturated rings. The average molecular weight is 345 g/mol. The number of halogens is 2. The van der Waals surface area contributed by atoms with E-state index in [1.54, 1.807) is 25.3 Å². The van der Waals surface area contributed by atoms with Crippen molar-refractivity contribution in [2.75, 3.05) is 7.11 Å². The molecular formula is C19H14Cl2O2. The van der Waals surface area contributed by atoms with Crippen molar-refractivity contribution < 1.29 is 9.53 Å². The molecule has 116 valence electrons. The summed E-state index contributed by atoms with van der Waals surface area (Å²) in [5, 5.41) is 2.92. The van der Waals surface area contributed by atoms with Crippen LogP contribution in [-0.2, 0) is 6.42 Å². The lowest BCUT2D eigenvalue weighted by Gasteiger charge is -2.12. The Labute approximate surface area is 144 Å². The molecule has 0 aliphatic carbocycles. The fourth-order valence-corrected chi connectivity index (χ4v) is 3.11. The Morgan fingerprint density at radius 1 is 1.04 bits per heavy atom. The van der Waals surface area contributed by atoms with Crippen molar-refractivity contribution in [2.24, 2.45) is 0 Å². The van der Waals surface area contributed by atoms with Gasteiger partial charge in [0.2, 0.25) is 0 Å². The predicted octanol–water partition coefficient (Wildman–Crippen LogP) is 5.58. The molecule has 0 saturated heterocycles. The molecule has 0 aliphatic heterocycles. The van der Waals surface area contributed by atoms with Crippen LogP contribution in [0.3, 0.4) is 0 Å². The maximum absolute atomic E-state index is 12.9. The molecule has 3 aromatic rings. The van der Waals surface area contributed by atoms with Gasteiger partial charge < -0.3 is 4.74 Å². The van der Waals surface area contributed by atoms with Crippen LogP contribution in [-0.4, -0.2) is 12.9 Å². The third-order valence-electron chi connectivity index (χ3n) is 3.76. The van der Waals surface area contributed by atoms with Crippen LogP contribution in [0.4, 0.5) is 0 Å². The third-order valence-corrected chi connectivity index (χ3v) is 4.34. The number of rotatable bonds is 4. The molecule has 0 heterocycles. The summed E-state index contributed by atoms with van der Waals surface area (Å²) in [6, 6.07) is 16.7. The molecule has 2 nitrogen and oxygen atoms in total. The van der Waals surface area contributed by atoms with Crippen molar-refractivity contribution in [3.8, 4) is 5.75 Å². The van der Waals surface area contributed by atoms with Crippen molar-refractivity contribution >= 4 is 39.8 Å². The van der Waals surface area contributed by atoms with Crippen LogP contribution in [0.1, 0.15) is 15.9 Å². The fourth-order valence-electron chi connectivity index (χ4n) is 2.64. The van der Waals surface area contributed by atoms with Gasteiger partial charge in [0, 0.05) is 16.5 Å². The molecule has 4 heteroatoms. The van der Waals surface area contributed by atoms with Gasteiger partial charge in [0.05, 0.1) is 12.7 Å². The molecule has 0 bridgehead atoms. The van der Waals surface area contributed by atoms with Crippen LogP contribution in [0, 0.1) is 0 Å². The second-order valence-corrected chi connectivity index (χ2v) is 6.04. The topological polar surface area (TPSA) is 26.3 Å². The summed E-state index contributed by atoms with van der Waals surface area (Å²) in [4.78, 5) is 12.9. The predicted molar refractivity (Wildman–Crippen MR) is 95.0 cm³/mol. The van der Waals surface area contributed by atoms with E-state index >= 15 is 0 Å². The van der Waals surface area contributed by atoms with Crippen LogP contribution >= 0.6 is 23.2 Å². The number of hydrogen-bond acceptors (Lipinski definition) is 2. The molecule has 0 unspecified atom stereocenters. The first-order valence-corrected chi connectivity index (χ1v) is 7.88. The Kier molecular flexibility index (Phi) is 4.56. The standard InChI is InChI=1S/C19H14Cl2O2/c1-23-18-9-7-12-4-2-3-5-15(12)19(18)17(22)10-13-6-8-14(20)11-16(13)21/h2-9,11H,10H2,1H3. The normalized spacial score (nSPS) is 10.7. The number of ether oxygens (including phenoxy) is 1. The lowest BCUT2D eigenvalue weighted by atomic mass is 9.96. The highest BCUT2D eigenvalue weighted by molar-refractivity contribution is 6.35. The molecule has 0 atom stereocenters. The van der Waals surface area contributed by atoms with E-state index in [9.17, 15) is 4.79 Å². The van der Waals surface area contributed by atoms with E-state index in [4.69, 9.17) is 27.9 Å². The number of benzene rings is 3. The van der Waals surface area contributed by atoms with Crippen LogP contribution in [0.5, 0.6) is 5.75 Å². The Hall–Kier alpha value is -2.03. The lowest BCUT2D eigenvalue weighted by molar-refractivity contribution is 0.0992. The van der Waals surface area contributed by atoms with E-state index in [-0.39, 0.29) is 12.2 Å². The number of carbonyl (C=O) groups is 1. The average Bonchev–Trinajstić information content (AvgIpc) is 2.56. The van der Waals surface area contributed by atoms with Gasteiger partial charge in [0.1, 0.15) is 5.75 Å². The summed E-state index contributed by atoms with van der Waals surface area (Å²) in [6.07, 6.45) is 0.195. The summed E-state index contributed by atoms with van der Waals surface area (Å²) in [5.41, 5.74) is 1.33. The van der Waals surface area contributed by atoms with E-state index in [0.717, 1.165) is 16.3 Å². The van der Waals surface area contributed by atoms with Gasteiger partial charge in [-0.2, -0.15) is 0 Å². The Morgan fingerprint density at radius 3 is 2.57 bits per heavy atom. The highest BCUT2D eigenvalue weighted by Gasteiger charge is 2.17. The fraction of sp³-hybridized carbons (Fsp3) is 0.105. The van der Waals surface area contributed by atoms with Crippen LogP contribution in [0.25, 0.3) is 10.8 Å². The van der Waals surface area contributed by atoms with Crippen molar-refractivity contribution in [1.82, 2.24) is 0 Å². The molecule has 0 aliphatic rings. The van der Waals surface area contributed by atoms with Gasteiger partial charge in [0.25, 0.3) is 0 Å². The van der Waals surface area contributed by atoms with Gasteiger partial charge in [-0.3, -0.25) is 4.79 Å². The lowest BCUT2D eigenvalue weighted by Crippen LogP contribution is -2.07. The third kappa shape index (κ3) is 3.19. The molecule has 0 aromatic heterocycles. The first kappa shape index (κ1) is 15.9. The number of methoxy groups -OCH3 is 1. The minimum Gasteiger partial charge on any atom is -0.496 e. The summed E-state index contributed by atoms with van der Waals surface area (Å²) >= 11 is 12.1. The number of fused-ring (bicyclic) bond motifs is 1. The maximum atomic E-state index is 12.9. The second-order valence-electron chi connectivity index (χ2n) is 5.20. The van der Waals surface area contributed by atoms with Crippen LogP contribution in [0.15, 0.2) is 54.6 Å². The number of carbonyl (C=O) groups excluding carboxylic acids is 1. The van der Waals surface area contributed by atoms with Gasteiger partial charge in [-0.05, 0) is 34.5 Å². The zero-order chi connectivity index (χ0) is 16.4. The quantitative estimate of drug-likeness (QED) is 0.577. The molecule has 23 heavy (non-hydrogen) atoms. The van der Waals surface area contributed by atoms with E-state index < -0.39 is 0 Å². The summed E-state index contributed by atoms with van der Waals surface area (Å²) < 4.78 is 5.39. The maximum Gasteiger partial charge on any atom is 0.171 e. The summed E-state index contributed by atoms with van der Waals surface area (Å²) in [5.74, 6) is 0.529. The highest BCUT2D eigenvalue weighted by atomic mass is 35.5. The monoisotopic (exact) mass is 344 g/mol. The minimum absolute atomic E-state index is 0.0390. The Morgan fingerprint density at radius 2 is 1.83 bits per heavy atom. The number of Topliss-reactive ketones (excluding diaryl/α,β-unsaturated/α-hetero) is 1. The highest BCUT2D eigenvalue weighted by Crippen LogP contribution is 2.30. The largest absolute Gasteiger partial charge is 0.496 e. The summed E-state index contributed by atoms with van der Waals surface area (Å²) in [7, 11) is 1.57. The minimum atomic E-state index is -0.0390. The molecular weight excluding hydrogens is 331 g/mol. The molecule has 0 spiro atoms. The van der Waals surface area contributed by atoms with Crippen molar-refractivity contribution in [2.45, 2.75) is 6.42 Å². The SMILES string of the molecule is COc1ccc2ccccc2c1C(=O)Cc1ccc(Cl)cc1Cl. The van der Waals surface area contributed by atoms with E-state index in [1.165, 1.54) is 0 Å². The van der Waals surface area contributed by atoms with E-state index in [0.29, 0.717) is 21.4 Å². The number of ketones is 1. The first-order valence-electron chi connectivity index (χ1n) is 7.13.